The number of oxazole rings is 1. The molecule has 0 saturated heterocycles. The Morgan fingerprint density at radius 2 is 2.20 bits per heavy atom. The second-order valence-electron chi connectivity index (χ2n) is 3.90. The van der Waals surface area contributed by atoms with Crippen molar-refractivity contribution >= 4 is 22.8 Å². The summed E-state index contributed by atoms with van der Waals surface area (Å²) in [7, 11) is 0. The highest BCUT2D eigenvalue weighted by molar-refractivity contribution is 5.97. The van der Waals surface area contributed by atoms with E-state index >= 15 is 0 Å². The number of carbonyl (C=O) groups excluding carboxylic acids is 1. The Morgan fingerprint density at radius 1 is 1.45 bits per heavy atom. The van der Waals surface area contributed by atoms with Crippen molar-refractivity contribution in [3.63, 3.8) is 0 Å². The SMILES string of the molecule is O=C(NCC(O)C(F)(F)F)Nc1cccc2ocnc12. The summed E-state index contributed by atoms with van der Waals surface area (Å²) in [6.45, 7) is -0.940. The first-order chi connectivity index (χ1) is 9.38. The van der Waals surface area contributed by atoms with Crippen molar-refractivity contribution in [2.75, 3.05) is 11.9 Å². The number of fused-ring (bicyclic) bond motifs is 1. The first kappa shape index (κ1) is 14.1. The number of hydrogen-bond donors (Lipinski definition) is 3. The number of para-hydroxylation sites is 1. The van der Waals surface area contributed by atoms with Crippen LogP contribution >= 0.6 is 0 Å². The molecule has 108 valence electrons. The van der Waals surface area contributed by atoms with Crippen molar-refractivity contribution < 1.29 is 27.5 Å². The molecule has 20 heavy (non-hydrogen) atoms. The van der Waals surface area contributed by atoms with Gasteiger partial charge in [0.25, 0.3) is 0 Å². The number of aromatic nitrogens is 1. The summed E-state index contributed by atoms with van der Waals surface area (Å²) < 4.78 is 41.2. The fourth-order valence-electron chi connectivity index (χ4n) is 1.46. The number of nitrogens with one attached hydrogen (secondary N) is 2. The van der Waals surface area contributed by atoms with Gasteiger partial charge in [0.1, 0.15) is 5.52 Å². The Labute approximate surface area is 110 Å². The van der Waals surface area contributed by atoms with E-state index in [1.807, 2.05) is 5.32 Å². The topological polar surface area (TPSA) is 87.4 Å². The van der Waals surface area contributed by atoms with Gasteiger partial charge in [0, 0.05) is 0 Å². The number of carbonyl (C=O) groups is 1. The van der Waals surface area contributed by atoms with E-state index in [2.05, 4.69) is 10.3 Å². The van der Waals surface area contributed by atoms with Gasteiger partial charge in [-0.2, -0.15) is 13.2 Å². The molecular weight excluding hydrogens is 279 g/mol. The van der Waals surface area contributed by atoms with Crippen LogP contribution in [0, 0.1) is 0 Å². The largest absolute Gasteiger partial charge is 0.443 e. The van der Waals surface area contributed by atoms with Crippen LogP contribution in [0.5, 0.6) is 0 Å². The minimum atomic E-state index is -4.78. The Balaban J connectivity index is 1.97. The van der Waals surface area contributed by atoms with Gasteiger partial charge in [0.05, 0.1) is 12.2 Å². The van der Waals surface area contributed by atoms with Gasteiger partial charge < -0.3 is 20.2 Å². The van der Waals surface area contributed by atoms with E-state index in [0.717, 1.165) is 0 Å². The number of urea groups is 1. The van der Waals surface area contributed by atoms with E-state index in [1.54, 1.807) is 12.1 Å². The highest BCUT2D eigenvalue weighted by Crippen LogP contribution is 2.21. The van der Waals surface area contributed by atoms with Crippen molar-refractivity contribution in [3.05, 3.63) is 24.6 Å². The smallest absolute Gasteiger partial charge is 0.416 e. The van der Waals surface area contributed by atoms with Crippen LogP contribution in [0.25, 0.3) is 11.1 Å². The van der Waals surface area contributed by atoms with E-state index in [4.69, 9.17) is 9.52 Å². The molecule has 1 aromatic heterocycles. The molecule has 0 aliphatic rings. The van der Waals surface area contributed by atoms with Gasteiger partial charge in [-0.3, -0.25) is 0 Å². The zero-order valence-electron chi connectivity index (χ0n) is 9.94. The van der Waals surface area contributed by atoms with Gasteiger partial charge in [-0.25, -0.2) is 9.78 Å². The average molecular weight is 289 g/mol. The molecule has 1 unspecified atom stereocenters. The van der Waals surface area contributed by atoms with Crippen molar-refractivity contribution in [1.29, 1.82) is 0 Å². The highest BCUT2D eigenvalue weighted by Gasteiger charge is 2.38. The third-order valence-corrected chi connectivity index (χ3v) is 2.44. The summed E-state index contributed by atoms with van der Waals surface area (Å²) >= 11 is 0. The quantitative estimate of drug-likeness (QED) is 0.805. The molecule has 3 N–H and O–H groups in total. The molecule has 2 aromatic rings. The zero-order chi connectivity index (χ0) is 14.8. The monoisotopic (exact) mass is 289 g/mol. The third-order valence-electron chi connectivity index (χ3n) is 2.44. The van der Waals surface area contributed by atoms with Crippen LogP contribution in [0.3, 0.4) is 0 Å². The number of aliphatic hydroxyl groups is 1. The van der Waals surface area contributed by atoms with Crippen LogP contribution < -0.4 is 10.6 Å². The summed E-state index contributed by atoms with van der Waals surface area (Å²) in [5.74, 6) is 0. The number of rotatable bonds is 3. The van der Waals surface area contributed by atoms with Gasteiger partial charge >= 0.3 is 12.2 Å². The predicted octanol–water partition coefficient (Wildman–Crippen LogP) is 1.87. The van der Waals surface area contributed by atoms with E-state index < -0.39 is 24.9 Å². The second kappa shape index (κ2) is 5.37. The van der Waals surface area contributed by atoms with Crippen LogP contribution in [0.1, 0.15) is 0 Å². The maximum absolute atomic E-state index is 12.0. The molecule has 0 aliphatic carbocycles. The van der Waals surface area contributed by atoms with Crippen molar-refractivity contribution in [3.8, 4) is 0 Å². The first-order valence-electron chi connectivity index (χ1n) is 5.50. The molecule has 0 bridgehead atoms. The summed E-state index contributed by atoms with van der Waals surface area (Å²) in [6, 6.07) is 3.85. The Hall–Kier alpha value is -2.29. The molecule has 0 radical (unpaired) electrons. The fourth-order valence-corrected chi connectivity index (χ4v) is 1.46. The van der Waals surface area contributed by atoms with Crippen molar-refractivity contribution in [1.82, 2.24) is 10.3 Å². The minimum absolute atomic E-state index is 0.287. The maximum Gasteiger partial charge on any atom is 0.416 e. The molecular formula is C11H10F3N3O3. The lowest BCUT2D eigenvalue weighted by atomic mass is 10.3. The summed E-state index contributed by atoms with van der Waals surface area (Å²) in [6.07, 6.45) is -6.21. The summed E-state index contributed by atoms with van der Waals surface area (Å²) in [5, 5.41) is 13.0. The standard InChI is InChI=1S/C11H10F3N3O3/c12-11(13,14)8(18)4-15-10(19)17-6-2-1-3-7-9(6)16-5-20-7/h1-3,5,8,18H,4H2,(H2,15,17,19). The van der Waals surface area contributed by atoms with E-state index in [-0.39, 0.29) is 5.69 Å². The molecule has 0 spiro atoms. The van der Waals surface area contributed by atoms with Gasteiger partial charge in [-0.05, 0) is 12.1 Å². The molecule has 9 heteroatoms. The fraction of sp³-hybridized carbons (Fsp3) is 0.273. The van der Waals surface area contributed by atoms with E-state index in [1.165, 1.54) is 12.5 Å². The Bertz CT molecular complexity index is 611. The number of benzene rings is 1. The van der Waals surface area contributed by atoms with Crippen molar-refractivity contribution in [2.45, 2.75) is 12.3 Å². The molecule has 0 fully saturated rings. The number of hydrogen-bond acceptors (Lipinski definition) is 4. The van der Waals surface area contributed by atoms with Crippen LogP contribution in [0.15, 0.2) is 29.0 Å². The predicted molar refractivity (Wildman–Crippen MR) is 63.1 cm³/mol. The lowest BCUT2D eigenvalue weighted by molar-refractivity contribution is -0.201. The highest BCUT2D eigenvalue weighted by atomic mass is 19.4. The van der Waals surface area contributed by atoms with Gasteiger partial charge in [-0.1, -0.05) is 6.07 Å². The van der Waals surface area contributed by atoms with Crippen LogP contribution in [-0.2, 0) is 0 Å². The third kappa shape index (κ3) is 3.18. The zero-order valence-corrected chi connectivity index (χ0v) is 9.94. The first-order valence-corrected chi connectivity index (χ1v) is 5.50. The molecule has 1 atom stereocenters. The van der Waals surface area contributed by atoms with E-state index in [9.17, 15) is 18.0 Å². The van der Waals surface area contributed by atoms with Gasteiger partial charge in [0.2, 0.25) is 0 Å². The number of amides is 2. The average Bonchev–Trinajstić information content (AvgIpc) is 2.84. The second-order valence-corrected chi connectivity index (χ2v) is 3.90. The molecule has 2 rings (SSSR count). The Kier molecular flexibility index (Phi) is 3.79. The lowest BCUT2D eigenvalue weighted by Gasteiger charge is -2.15. The number of anilines is 1. The minimum Gasteiger partial charge on any atom is -0.443 e. The van der Waals surface area contributed by atoms with Gasteiger partial charge in [-0.15, -0.1) is 0 Å². The number of nitrogens with zero attached hydrogens (tertiary/aromatic N) is 1. The molecule has 1 heterocycles. The number of halogens is 3. The van der Waals surface area contributed by atoms with E-state index in [0.29, 0.717) is 11.1 Å². The molecule has 2 amide bonds. The number of aliphatic hydroxyl groups excluding tert-OH is 1. The molecule has 0 saturated carbocycles. The molecule has 6 nitrogen and oxygen atoms in total. The normalized spacial score (nSPS) is 13.2. The van der Waals surface area contributed by atoms with Crippen LogP contribution in [0.2, 0.25) is 0 Å². The van der Waals surface area contributed by atoms with Gasteiger partial charge in [0.15, 0.2) is 18.1 Å². The lowest BCUT2D eigenvalue weighted by Crippen LogP contribution is -2.42. The number of alkyl halides is 3. The molecule has 0 aliphatic heterocycles. The maximum atomic E-state index is 12.0. The van der Waals surface area contributed by atoms with Crippen LogP contribution in [-0.4, -0.2) is 34.9 Å². The summed E-state index contributed by atoms with van der Waals surface area (Å²) in [4.78, 5) is 15.3. The summed E-state index contributed by atoms with van der Waals surface area (Å²) in [5.41, 5.74) is 1.09. The van der Waals surface area contributed by atoms with Crippen molar-refractivity contribution in [2.24, 2.45) is 0 Å². The van der Waals surface area contributed by atoms with Crippen LogP contribution in [0.4, 0.5) is 23.7 Å². The molecule has 1 aromatic carbocycles. The Morgan fingerprint density at radius 3 is 2.90 bits per heavy atom.